The van der Waals surface area contributed by atoms with E-state index in [1.54, 1.807) is 0 Å². The van der Waals surface area contributed by atoms with Crippen LogP contribution in [0, 0.1) is 17.3 Å². The number of carbonyl (C=O) groups is 1. The lowest BCUT2D eigenvalue weighted by Gasteiger charge is -2.64. The van der Waals surface area contributed by atoms with Gasteiger partial charge in [0, 0.05) is 12.1 Å². The van der Waals surface area contributed by atoms with E-state index >= 15 is 0 Å². The van der Waals surface area contributed by atoms with Crippen LogP contribution in [0.5, 0.6) is 0 Å². The molecule has 0 unspecified atom stereocenters. The quantitative estimate of drug-likeness (QED) is 0.546. The van der Waals surface area contributed by atoms with Crippen molar-refractivity contribution >= 4 is 26.5 Å². The Hall–Kier alpha value is -1.31. The molecular formula is C26H42BNO4Si. The first-order valence-corrected chi connectivity index (χ1v) is 15.8. The standard InChI is InChI=1S/C26H42BNO4Si/c1-17(2)28(18(3)4)24(29)30-23(33(8,9)20-13-11-10-12-14-20)27-31-22-16-19-15-21(25(19,5)6)26(22,7)32-27/h10-14,17-19,21-23H,15-16H2,1-9H3/t19-,21-,22+,23-,26-/m0/s1. The van der Waals surface area contributed by atoms with Gasteiger partial charge in [-0.2, -0.15) is 0 Å². The molecule has 0 N–H and O–H groups in total. The molecule has 4 fully saturated rings. The molecule has 1 amide bonds. The minimum Gasteiger partial charge on any atom is -0.452 e. The Morgan fingerprint density at radius 2 is 1.70 bits per heavy atom. The summed E-state index contributed by atoms with van der Waals surface area (Å²) in [6.45, 7) is 19.6. The van der Waals surface area contributed by atoms with Crippen LogP contribution in [-0.4, -0.2) is 55.6 Å². The molecule has 5 nitrogen and oxygen atoms in total. The second kappa shape index (κ2) is 8.42. The van der Waals surface area contributed by atoms with Crippen molar-refractivity contribution in [2.75, 3.05) is 0 Å². The molecule has 0 aromatic heterocycles. The fourth-order valence-corrected chi connectivity index (χ4v) is 9.39. The van der Waals surface area contributed by atoms with Crippen LogP contribution in [0.1, 0.15) is 61.3 Å². The number of hydrogen-bond donors (Lipinski definition) is 0. The molecular weight excluding hydrogens is 429 g/mol. The van der Waals surface area contributed by atoms with Crippen molar-refractivity contribution in [3.05, 3.63) is 30.3 Å². The van der Waals surface area contributed by atoms with Crippen LogP contribution >= 0.6 is 0 Å². The van der Waals surface area contributed by atoms with Crippen molar-refractivity contribution < 1.29 is 18.8 Å². The largest absolute Gasteiger partial charge is 0.498 e. The van der Waals surface area contributed by atoms with E-state index < -0.39 is 20.8 Å². The van der Waals surface area contributed by atoms with Crippen LogP contribution in [0.2, 0.25) is 13.1 Å². The van der Waals surface area contributed by atoms with Crippen molar-refractivity contribution in [2.45, 2.75) is 104 Å². The first-order valence-electron chi connectivity index (χ1n) is 12.7. The van der Waals surface area contributed by atoms with Gasteiger partial charge in [0.15, 0.2) is 0 Å². The van der Waals surface area contributed by atoms with Crippen LogP contribution in [0.15, 0.2) is 30.3 Å². The van der Waals surface area contributed by atoms with Gasteiger partial charge in [-0.1, -0.05) is 62.5 Å². The molecule has 1 aliphatic heterocycles. The Balaban J connectivity index is 1.66. The summed E-state index contributed by atoms with van der Waals surface area (Å²) in [5.41, 5.74) is -0.492. The Bertz CT molecular complexity index is 868. The van der Waals surface area contributed by atoms with Crippen LogP contribution < -0.4 is 5.19 Å². The number of amides is 1. The Morgan fingerprint density at radius 1 is 1.09 bits per heavy atom. The summed E-state index contributed by atoms with van der Waals surface area (Å²) in [7, 11) is -2.85. The zero-order valence-corrected chi connectivity index (χ0v) is 22.9. The highest BCUT2D eigenvalue weighted by molar-refractivity contribution is 6.97. The average Bonchev–Trinajstić information content (AvgIpc) is 3.08. The van der Waals surface area contributed by atoms with Gasteiger partial charge < -0.3 is 18.9 Å². The fourth-order valence-electron chi connectivity index (χ4n) is 6.79. The lowest BCUT2D eigenvalue weighted by atomic mass is 9.43. The zero-order valence-electron chi connectivity index (χ0n) is 21.9. The van der Waals surface area contributed by atoms with Crippen molar-refractivity contribution in [2.24, 2.45) is 17.3 Å². The van der Waals surface area contributed by atoms with Gasteiger partial charge >= 0.3 is 13.2 Å². The topological polar surface area (TPSA) is 48.0 Å². The van der Waals surface area contributed by atoms with Crippen LogP contribution in [0.4, 0.5) is 4.79 Å². The summed E-state index contributed by atoms with van der Waals surface area (Å²) in [5, 5.41) is 1.24. The molecule has 4 aliphatic rings. The highest BCUT2D eigenvalue weighted by atomic mass is 28.3. The van der Waals surface area contributed by atoms with Crippen molar-refractivity contribution in [1.82, 2.24) is 4.90 Å². The average molecular weight is 472 g/mol. The van der Waals surface area contributed by atoms with Gasteiger partial charge in [-0.05, 0) is 64.7 Å². The van der Waals surface area contributed by atoms with Gasteiger partial charge in [-0.3, -0.25) is 0 Å². The van der Waals surface area contributed by atoms with E-state index in [0.717, 1.165) is 6.42 Å². The van der Waals surface area contributed by atoms with E-state index in [1.807, 2.05) is 38.7 Å². The molecule has 1 saturated heterocycles. The SMILES string of the molecule is CC(C)N(C(=O)O[C@H](B1O[C@@H]2C[C@@H]3C[C@@H](C3(C)C)[C@]2(C)O1)[Si](C)(C)c1ccccc1)C(C)C. The molecule has 33 heavy (non-hydrogen) atoms. The predicted molar refractivity (Wildman–Crippen MR) is 136 cm³/mol. The number of ether oxygens (including phenoxy) is 1. The lowest BCUT2D eigenvalue weighted by molar-refractivity contribution is -0.199. The number of carbonyl (C=O) groups excluding carboxylic acids is 1. The highest BCUT2D eigenvalue weighted by Crippen LogP contribution is 2.65. The monoisotopic (exact) mass is 471 g/mol. The minimum absolute atomic E-state index is 0.0539. The zero-order chi connectivity index (χ0) is 24.3. The first kappa shape index (κ1) is 24.8. The normalized spacial score (nSPS) is 31.2. The van der Waals surface area contributed by atoms with E-state index in [-0.39, 0.29) is 35.3 Å². The molecule has 1 aromatic rings. The van der Waals surface area contributed by atoms with Gasteiger partial charge in [-0.25, -0.2) is 4.79 Å². The first-order chi connectivity index (χ1) is 15.3. The molecule has 3 aliphatic carbocycles. The maximum Gasteiger partial charge on any atom is 0.498 e. The van der Waals surface area contributed by atoms with E-state index in [2.05, 4.69) is 58.1 Å². The second-order valence-electron chi connectivity index (χ2n) is 12.3. The number of hydrogen-bond acceptors (Lipinski definition) is 4. The van der Waals surface area contributed by atoms with Crippen molar-refractivity contribution in [3.63, 3.8) is 0 Å². The van der Waals surface area contributed by atoms with E-state index in [4.69, 9.17) is 14.0 Å². The maximum atomic E-state index is 13.5. The summed E-state index contributed by atoms with van der Waals surface area (Å²) in [6.07, 6.45) is 2.01. The molecule has 1 aromatic carbocycles. The molecule has 1 heterocycles. The second-order valence-corrected chi connectivity index (χ2v) is 16.9. The van der Waals surface area contributed by atoms with Gasteiger partial charge in [0.25, 0.3) is 0 Å². The van der Waals surface area contributed by atoms with Crippen LogP contribution in [0.25, 0.3) is 0 Å². The molecule has 0 radical (unpaired) electrons. The summed E-state index contributed by atoms with van der Waals surface area (Å²) >= 11 is 0. The maximum absolute atomic E-state index is 13.5. The molecule has 0 spiro atoms. The number of benzene rings is 1. The van der Waals surface area contributed by atoms with Gasteiger partial charge in [0.2, 0.25) is 0 Å². The third kappa shape index (κ3) is 3.98. The third-order valence-corrected chi connectivity index (χ3v) is 12.6. The molecule has 5 rings (SSSR count). The summed E-state index contributed by atoms with van der Waals surface area (Å²) in [5.74, 6) is 1.15. The highest BCUT2D eigenvalue weighted by Gasteiger charge is 2.69. The van der Waals surface area contributed by atoms with Gasteiger partial charge in [-0.15, -0.1) is 0 Å². The van der Waals surface area contributed by atoms with Crippen LogP contribution in [0.3, 0.4) is 0 Å². The van der Waals surface area contributed by atoms with E-state index in [1.165, 1.54) is 11.6 Å². The van der Waals surface area contributed by atoms with E-state index in [9.17, 15) is 4.79 Å². The third-order valence-electron chi connectivity index (χ3n) is 9.00. The predicted octanol–water partition coefficient (Wildman–Crippen LogP) is 5.03. The molecule has 7 heteroatoms. The van der Waals surface area contributed by atoms with Gasteiger partial charge in [0.05, 0.1) is 11.7 Å². The number of nitrogens with zero attached hydrogens (tertiary/aromatic N) is 1. The molecule has 3 saturated carbocycles. The Labute approximate surface area is 201 Å². The van der Waals surface area contributed by atoms with Crippen molar-refractivity contribution in [1.29, 1.82) is 0 Å². The summed E-state index contributed by atoms with van der Waals surface area (Å²) in [4.78, 5) is 15.3. The smallest absolute Gasteiger partial charge is 0.452 e. The minimum atomic E-state index is -2.31. The molecule has 2 bridgehead atoms. The van der Waals surface area contributed by atoms with E-state index in [0.29, 0.717) is 11.8 Å². The van der Waals surface area contributed by atoms with Crippen LogP contribution in [-0.2, 0) is 14.0 Å². The Kier molecular flexibility index (Phi) is 6.33. The van der Waals surface area contributed by atoms with Gasteiger partial charge in [0.1, 0.15) is 13.7 Å². The molecule has 182 valence electrons. The summed E-state index contributed by atoms with van der Waals surface area (Å²) < 4.78 is 19.9. The lowest BCUT2D eigenvalue weighted by Crippen LogP contribution is -2.66. The van der Waals surface area contributed by atoms with Crippen molar-refractivity contribution in [3.8, 4) is 0 Å². The Morgan fingerprint density at radius 3 is 2.24 bits per heavy atom. The number of rotatable bonds is 6. The fraction of sp³-hybridized carbons (Fsp3) is 0.731. The summed E-state index contributed by atoms with van der Waals surface area (Å²) in [6, 6.07) is 10.6. The molecule has 5 atom stereocenters.